The fourth-order valence-corrected chi connectivity index (χ4v) is 2.72. The van der Waals surface area contributed by atoms with Gasteiger partial charge in [0, 0.05) is 18.7 Å². The summed E-state index contributed by atoms with van der Waals surface area (Å²) in [5, 5.41) is 3.58. The molecule has 0 aromatic heterocycles. The van der Waals surface area contributed by atoms with Crippen LogP contribution in [0.15, 0.2) is 42.5 Å². The number of rotatable bonds is 4. The normalized spacial score (nSPS) is 12.1. The lowest BCUT2D eigenvalue weighted by molar-refractivity contribution is 0.833. The third kappa shape index (κ3) is 1.90. The minimum atomic E-state index is 1.07. The summed E-state index contributed by atoms with van der Waals surface area (Å²) in [5.41, 5.74) is 7.06. The van der Waals surface area contributed by atoms with E-state index in [-0.39, 0.29) is 0 Å². The van der Waals surface area contributed by atoms with Gasteiger partial charge in [-0.1, -0.05) is 49.7 Å². The first-order valence-electron chi connectivity index (χ1n) is 6.84. The van der Waals surface area contributed by atoms with Crippen LogP contribution in [0.2, 0.25) is 0 Å². The number of benzene rings is 2. The molecule has 2 aromatic carbocycles. The highest BCUT2D eigenvalue weighted by molar-refractivity contribution is 5.81. The van der Waals surface area contributed by atoms with Crippen molar-refractivity contribution in [3.8, 4) is 11.1 Å². The van der Waals surface area contributed by atoms with Gasteiger partial charge >= 0.3 is 0 Å². The molecule has 92 valence electrons. The molecule has 0 bridgehead atoms. The van der Waals surface area contributed by atoms with E-state index < -0.39 is 0 Å². The molecular weight excluding hydrogens is 218 g/mol. The highest BCUT2D eigenvalue weighted by Crippen LogP contribution is 2.39. The van der Waals surface area contributed by atoms with Crippen molar-refractivity contribution in [1.29, 1.82) is 0 Å². The summed E-state index contributed by atoms with van der Waals surface area (Å²) < 4.78 is 0. The molecule has 1 aliphatic carbocycles. The highest BCUT2D eigenvalue weighted by Gasteiger charge is 2.19. The summed E-state index contributed by atoms with van der Waals surface area (Å²) >= 11 is 0. The average Bonchev–Trinajstić information content (AvgIpc) is 2.79. The fraction of sp³-hybridized carbons (Fsp3) is 0.294. The van der Waals surface area contributed by atoms with E-state index in [9.17, 15) is 0 Å². The Kier molecular flexibility index (Phi) is 3.06. The average molecular weight is 237 g/mol. The standard InChI is InChI=1S/C17H19N/c1-2-3-11-18-17-10-6-9-15-14-8-5-4-7-13(14)12-16(15)17/h4-10,18H,2-3,11-12H2,1H3. The maximum atomic E-state index is 3.58. The van der Waals surface area contributed by atoms with Crippen molar-refractivity contribution in [2.45, 2.75) is 26.2 Å². The minimum Gasteiger partial charge on any atom is -0.385 e. The molecule has 0 aliphatic heterocycles. The second kappa shape index (κ2) is 4.85. The number of fused-ring (bicyclic) bond motifs is 3. The van der Waals surface area contributed by atoms with E-state index in [2.05, 4.69) is 54.7 Å². The second-order valence-electron chi connectivity index (χ2n) is 4.95. The van der Waals surface area contributed by atoms with Gasteiger partial charge in [-0.25, -0.2) is 0 Å². The Morgan fingerprint density at radius 1 is 1.00 bits per heavy atom. The van der Waals surface area contributed by atoms with Crippen LogP contribution in [-0.2, 0) is 6.42 Å². The van der Waals surface area contributed by atoms with E-state index in [0.717, 1.165) is 13.0 Å². The lowest BCUT2D eigenvalue weighted by atomic mass is 10.0. The Morgan fingerprint density at radius 2 is 1.83 bits per heavy atom. The van der Waals surface area contributed by atoms with Crippen molar-refractivity contribution in [2.24, 2.45) is 0 Å². The van der Waals surface area contributed by atoms with Gasteiger partial charge in [0.2, 0.25) is 0 Å². The summed E-state index contributed by atoms with van der Waals surface area (Å²) in [7, 11) is 0. The molecule has 1 nitrogen and oxygen atoms in total. The number of hydrogen-bond acceptors (Lipinski definition) is 1. The predicted molar refractivity (Wildman–Crippen MR) is 78.1 cm³/mol. The lowest BCUT2D eigenvalue weighted by Gasteiger charge is -2.10. The third-order valence-corrected chi connectivity index (χ3v) is 3.70. The van der Waals surface area contributed by atoms with Crippen molar-refractivity contribution < 1.29 is 0 Å². The summed E-state index contributed by atoms with van der Waals surface area (Å²) in [5.74, 6) is 0. The molecule has 1 aliphatic rings. The van der Waals surface area contributed by atoms with Crippen molar-refractivity contribution in [3.05, 3.63) is 53.6 Å². The molecule has 0 radical (unpaired) electrons. The summed E-state index contributed by atoms with van der Waals surface area (Å²) in [6.45, 7) is 3.30. The van der Waals surface area contributed by atoms with E-state index >= 15 is 0 Å². The van der Waals surface area contributed by atoms with Gasteiger partial charge in [-0.3, -0.25) is 0 Å². The Morgan fingerprint density at radius 3 is 2.72 bits per heavy atom. The van der Waals surface area contributed by atoms with Gasteiger partial charge in [-0.15, -0.1) is 0 Å². The van der Waals surface area contributed by atoms with Crippen molar-refractivity contribution >= 4 is 5.69 Å². The minimum absolute atomic E-state index is 1.07. The van der Waals surface area contributed by atoms with Crippen LogP contribution >= 0.6 is 0 Å². The summed E-state index contributed by atoms with van der Waals surface area (Å²) in [4.78, 5) is 0. The van der Waals surface area contributed by atoms with Crippen molar-refractivity contribution in [2.75, 3.05) is 11.9 Å². The van der Waals surface area contributed by atoms with E-state index in [1.807, 2.05) is 0 Å². The number of anilines is 1. The maximum Gasteiger partial charge on any atom is 0.0382 e. The number of nitrogens with one attached hydrogen (secondary N) is 1. The first-order chi connectivity index (χ1) is 8.90. The number of hydrogen-bond donors (Lipinski definition) is 1. The van der Waals surface area contributed by atoms with E-state index in [4.69, 9.17) is 0 Å². The van der Waals surface area contributed by atoms with Crippen LogP contribution in [0.3, 0.4) is 0 Å². The summed E-state index contributed by atoms with van der Waals surface area (Å²) in [6.07, 6.45) is 3.54. The van der Waals surface area contributed by atoms with Crippen LogP contribution in [0.5, 0.6) is 0 Å². The van der Waals surface area contributed by atoms with E-state index in [1.165, 1.54) is 40.8 Å². The molecule has 1 N–H and O–H groups in total. The molecule has 0 unspecified atom stereocenters. The molecule has 18 heavy (non-hydrogen) atoms. The Labute approximate surface area is 109 Å². The molecule has 0 spiro atoms. The molecule has 0 saturated heterocycles. The summed E-state index contributed by atoms with van der Waals surface area (Å²) in [6, 6.07) is 15.4. The molecular formula is C17H19N. The zero-order chi connectivity index (χ0) is 12.4. The van der Waals surface area contributed by atoms with Crippen LogP contribution in [0.4, 0.5) is 5.69 Å². The first kappa shape index (κ1) is 11.3. The van der Waals surface area contributed by atoms with Gasteiger partial charge < -0.3 is 5.32 Å². The van der Waals surface area contributed by atoms with Crippen LogP contribution in [0.25, 0.3) is 11.1 Å². The maximum absolute atomic E-state index is 3.58. The molecule has 2 aromatic rings. The molecule has 0 fully saturated rings. The molecule has 0 saturated carbocycles. The number of unbranched alkanes of at least 4 members (excludes halogenated alkanes) is 1. The molecule has 0 heterocycles. The van der Waals surface area contributed by atoms with E-state index in [1.54, 1.807) is 0 Å². The molecule has 3 rings (SSSR count). The molecule has 0 amide bonds. The van der Waals surface area contributed by atoms with Crippen LogP contribution < -0.4 is 5.32 Å². The zero-order valence-electron chi connectivity index (χ0n) is 10.9. The topological polar surface area (TPSA) is 12.0 Å². The van der Waals surface area contributed by atoms with Crippen molar-refractivity contribution in [1.82, 2.24) is 0 Å². The quantitative estimate of drug-likeness (QED) is 0.660. The third-order valence-electron chi connectivity index (χ3n) is 3.70. The van der Waals surface area contributed by atoms with Gasteiger partial charge in [0.25, 0.3) is 0 Å². The van der Waals surface area contributed by atoms with Gasteiger partial charge in [0.1, 0.15) is 0 Å². The van der Waals surface area contributed by atoms with Crippen LogP contribution in [0.1, 0.15) is 30.9 Å². The lowest BCUT2D eigenvalue weighted by Crippen LogP contribution is -2.03. The van der Waals surface area contributed by atoms with Gasteiger partial charge in [0.05, 0.1) is 0 Å². The Hall–Kier alpha value is -1.76. The predicted octanol–water partition coefficient (Wildman–Crippen LogP) is 4.47. The van der Waals surface area contributed by atoms with E-state index in [0.29, 0.717) is 0 Å². The SMILES string of the molecule is CCCCNc1cccc2c1Cc1ccccc1-2. The first-order valence-corrected chi connectivity index (χ1v) is 6.84. The fourth-order valence-electron chi connectivity index (χ4n) is 2.72. The van der Waals surface area contributed by atoms with Gasteiger partial charge in [-0.05, 0) is 34.7 Å². The largest absolute Gasteiger partial charge is 0.385 e. The highest BCUT2D eigenvalue weighted by atomic mass is 14.9. The van der Waals surface area contributed by atoms with Gasteiger partial charge in [-0.2, -0.15) is 0 Å². The van der Waals surface area contributed by atoms with Gasteiger partial charge in [0.15, 0.2) is 0 Å². The Bertz CT molecular complexity index is 557. The second-order valence-corrected chi connectivity index (χ2v) is 4.95. The Balaban J connectivity index is 1.93. The molecule has 1 heteroatoms. The zero-order valence-corrected chi connectivity index (χ0v) is 10.9. The van der Waals surface area contributed by atoms with Crippen LogP contribution in [0, 0.1) is 0 Å². The monoisotopic (exact) mass is 237 g/mol. The van der Waals surface area contributed by atoms with Crippen LogP contribution in [-0.4, -0.2) is 6.54 Å². The molecule has 0 atom stereocenters. The van der Waals surface area contributed by atoms with Crippen molar-refractivity contribution in [3.63, 3.8) is 0 Å². The smallest absolute Gasteiger partial charge is 0.0382 e.